The van der Waals surface area contributed by atoms with Crippen molar-refractivity contribution in [2.75, 3.05) is 29.9 Å². The number of amides is 1. The van der Waals surface area contributed by atoms with E-state index in [1.165, 1.54) is 0 Å². The molecular formula is C18H20BrClN6O. The van der Waals surface area contributed by atoms with E-state index in [2.05, 4.69) is 41.1 Å². The lowest BCUT2D eigenvalue weighted by atomic mass is 10.1. The van der Waals surface area contributed by atoms with E-state index in [0.717, 1.165) is 40.7 Å². The highest BCUT2D eigenvalue weighted by atomic mass is 79.9. The Hall–Kier alpha value is -2.16. The maximum Gasteiger partial charge on any atom is 0.257 e. The maximum absolute atomic E-state index is 12.5. The SMILES string of the molecule is Cl.NCC1CCN(c2c(Br)cnc3[nH]cc(NC(=O)c4cccnc4)c23)C1. The Balaban J connectivity index is 0.00000210. The van der Waals surface area contributed by atoms with E-state index in [9.17, 15) is 4.79 Å². The van der Waals surface area contributed by atoms with Gasteiger partial charge in [-0.1, -0.05) is 0 Å². The molecule has 0 aromatic carbocycles. The third-order valence-corrected chi connectivity index (χ3v) is 5.32. The van der Waals surface area contributed by atoms with Crippen molar-refractivity contribution in [3.63, 3.8) is 0 Å². The molecule has 0 bridgehead atoms. The van der Waals surface area contributed by atoms with Crippen LogP contribution in [0.3, 0.4) is 0 Å². The molecule has 3 aromatic rings. The first-order valence-electron chi connectivity index (χ1n) is 8.49. The second-order valence-electron chi connectivity index (χ2n) is 6.41. The largest absolute Gasteiger partial charge is 0.370 e. The fraction of sp³-hybridized carbons (Fsp3) is 0.278. The van der Waals surface area contributed by atoms with E-state index < -0.39 is 0 Å². The lowest BCUT2D eigenvalue weighted by Gasteiger charge is -2.21. The van der Waals surface area contributed by atoms with E-state index >= 15 is 0 Å². The molecule has 3 aromatic heterocycles. The highest BCUT2D eigenvalue weighted by molar-refractivity contribution is 9.10. The van der Waals surface area contributed by atoms with Crippen molar-refractivity contribution in [1.29, 1.82) is 0 Å². The zero-order chi connectivity index (χ0) is 18.1. The van der Waals surface area contributed by atoms with Crippen LogP contribution in [-0.4, -0.2) is 40.5 Å². The summed E-state index contributed by atoms with van der Waals surface area (Å²) in [7, 11) is 0. The third kappa shape index (κ3) is 3.78. The summed E-state index contributed by atoms with van der Waals surface area (Å²) in [4.78, 5) is 26.4. The smallest absolute Gasteiger partial charge is 0.257 e. The highest BCUT2D eigenvalue weighted by Gasteiger charge is 2.26. The topological polar surface area (TPSA) is 99.9 Å². The van der Waals surface area contributed by atoms with Gasteiger partial charge in [-0.15, -0.1) is 12.4 Å². The quantitative estimate of drug-likeness (QED) is 0.566. The Bertz CT molecular complexity index is 948. The fourth-order valence-electron chi connectivity index (χ4n) is 3.38. The molecule has 9 heteroatoms. The van der Waals surface area contributed by atoms with Crippen LogP contribution in [0.2, 0.25) is 0 Å². The average molecular weight is 452 g/mol. The molecule has 4 rings (SSSR count). The monoisotopic (exact) mass is 450 g/mol. The predicted molar refractivity (Wildman–Crippen MR) is 113 cm³/mol. The minimum Gasteiger partial charge on any atom is -0.370 e. The number of halogens is 2. The van der Waals surface area contributed by atoms with Gasteiger partial charge in [0.25, 0.3) is 5.91 Å². The summed E-state index contributed by atoms with van der Waals surface area (Å²) in [5.41, 5.74) is 8.83. The first kappa shape index (κ1) is 19.6. The van der Waals surface area contributed by atoms with Crippen LogP contribution in [0, 0.1) is 5.92 Å². The van der Waals surface area contributed by atoms with Crippen LogP contribution >= 0.6 is 28.3 Å². The molecule has 7 nitrogen and oxygen atoms in total. The molecule has 0 aliphatic carbocycles. The zero-order valence-electron chi connectivity index (χ0n) is 14.5. The van der Waals surface area contributed by atoms with Gasteiger partial charge in [0.2, 0.25) is 0 Å². The van der Waals surface area contributed by atoms with Gasteiger partial charge in [0.05, 0.1) is 26.8 Å². The highest BCUT2D eigenvalue weighted by Crippen LogP contribution is 2.39. The number of anilines is 2. The van der Waals surface area contributed by atoms with Gasteiger partial charge in [0.15, 0.2) is 0 Å². The van der Waals surface area contributed by atoms with Crippen LogP contribution in [0.25, 0.3) is 11.0 Å². The molecule has 1 aliphatic heterocycles. The number of nitrogens with one attached hydrogen (secondary N) is 2. The second kappa shape index (κ2) is 8.24. The summed E-state index contributed by atoms with van der Waals surface area (Å²) in [5, 5.41) is 3.87. The molecular weight excluding hydrogens is 432 g/mol. The van der Waals surface area contributed by atoms with Crippen molar-refractivity contribution in [1.82, 2.24) is 15.0 Å². The van der Waals surface area contributed by atoms with Crippen molar-refractivity contribution in [3.8, 4) is 0 Å². The third-order valence-electron chi connectivity index (χ3n) is 4.74. The van der Waals surface area contributed by atoms with Gasteiger partial charge < -0.3 is 20.9 Å². The first-order valence-corrected chi connectivity index (χ1v) is 9.28. The van der Waals surface area contributed by atoms with Crippen molar-refractivity contribution in [2.45, 2.75) is 6.42 Å². The average Bonchev–Trinajstić information content (AvgIpc) is 3.30. The maximum atomic E-state index is 12.5. The number of pyridine rings is 2. The van der Waals surface area contributed by atoms with Crippen LogP contribution in [0.15, 0.2) is 41.4 Å². The van der Waals surface area contributed by atoms with Crippen molar-refractivity contribution < 1.29 is 4.79 Å². The summed E-state index contributed by atoms with van der Waals surface area (Å²) in [5.74, 6) is 0.281. The number of hydrogen-bond acceptors (Lipinski definition) is 5. The number of aromatic amines is 1. The first-order chi connectivity index (χ1) is 12.7. The summed E-state index contributed by atoms with van der Waals surface area (Å²) in [6.07, 6.45) is 7.82. The van der Waals surface area contributed by atoms with Crippen LogP contribution in [0.4, 0.5) is 11.4 Å². The Morgan fingerprint density at radius 1 is 1.44 bits per heavy atom. The van der Waals surface area contributed by atoms with Gasteiger partial charge in [-0.05, 0) is 46.9 Å². The fourth-order valence-corrected chi connectivity index (χ4v) is 3.93. The molecule has 1 aliphatic rings. The standard InChI is InChI=1S/C18H19BrN6O.ClH/c19-13-8-22-17-15(16(13)25-5-3-11(6-20)10-25)14(9-23-17)24-18(26)12-2-1-4-21-7-12;/h1-2,4,7-9,11H,3,5-6,10,20H2,(H,22,23)(H,24,26);1H. The normalized spacial score (nSPS) is 16.4. The Morgan fingerprint density at radius 3 is 3.00 bits per heavy atom. The summed E-state index contributed by atoms with van der Waals surface area (Å²) in [6.45, 7) is 2.51. The van der Waals surface area contributed by atoms with Crippen LogP contribution < -0.4 is 16.0 Å². The number of nitrogens with zero attached hydrogens (tertiary/aromatic N) is 3. The predicted octanol–water partition coefficient (Wildman–Crippen LogP) is 3.18. The van der Waals surface area contributed by atoms with Gasteiger partial charge in [-0.2, -0.15) is 0 Å². The molecule has 4 N–H and O–H groups in total. The van der Waals surface area contributed by atoms with Crippen molar-refractivity contribution in [3.05, 3.63) is 47.0 Å². The molecule has 1 saturated heterocycles. The van der Waals surface area contributed by atoms with E-state index in [-0.39, 0.29) is 18.3 Å². The molecule has 4 heterocycles. The summed E-state index contributed by atoms with van der Waals surface area (Å²) >= 11 is 3.63. The lowest BCUT2D eigenvalue weighted by Crippen LogP contribution is -2.23. The van der Waals surface area contributed by atoms with Crippen molar-refractivity contribution >= 4 is 56.7 Å². The molecule has 0 saturated carbocycles. The van der Waals surface area contributed by atoms with Crippen LogP contribution in [0.5, 0.6) is 0 Å². The molecule has 0 spiro atoms. The molecule has 1 unspecified atom stereocenters. The number of fused-ring (bicyclic) bond motifs is 1. The van der Waals surface area contributed by atoms with E-state index in [1.807, 2.05) is 0 Å². The summed E-state index contributed by atoms with van der Waals surface area (Å²) in [6, 6.07) is 3.48. The number of hydrogen-bond donors (Lipinski definition) is 3. The minimum absolute atomic E-state index is 0. The van der Waals surface area contributed by atoms with Crippen LogP contribution in [-0.2, 0) is 0 Å². The van der Waals surface area contributed by atoms with Gasteiger partial charge in [0, 0.05) is 37.9 Å². The lowest BCUT2D eigenvalue weighted by molar-refractivity contribution is 0.102. The number of carbonyl (C=O) groups is 1. The van der Waals surface area contributed by atoms with Gasteiger partial charge >= 0.3 is 0 Å². The Morgan fingerprint density at radius 2 is 2.30 bits per heavy atom. The molecule has 27 heavy (non-hydrogen) atoms. The van der Waals surface area contributed by atoms with Crippen LogP contribution in [0.1, 0.15) is 16.8 Å². The van der Waals surface area contributed by atoms with Gasteiger partial charge in [-0.3, -0.25) is 9.78 Å². The van der Waals surface area contributed by atoms with Gasteiger partial charge in [0.1, 0.15) is 5.65 Å². The van der Waals surface area contributed by atoms with Gasteiger partial charge in [-0.25, -0.2) is 4.98 Å². The summed E-state index contributed by atoms with van der Waals surface area (Å²) < 4.78 is 0.902. The zero-order valence-corrected chi connectivity index (χ0v) is 16.9. The van der Waals surface area contributed by atoms with E-state index in [0.29, 0.717) is 23.7 Å². The number of H-pyrrole nitrogens is 1. The van der Waals surface area contributed by atoms with Crippen molar-refractivity contribution in [2.24, 2.45) is 11.7 Å². The minimum atomic E-state index is -0.203. The number of rotatable bonds is 4. The van der Waals surface area contributed by atoms with E-state index in [4.69, 9.17) is 5.73 Å². The van der Waals surface area contributed by atoms with E-state index in [1.54, 1.807) is 36.9 Å². The molecule has 1 amide bonds. The Kier molecular flexibility index (Phi) is 5.98. The number of carbonyl (C=O) groups excluding carboxylic acids is 1. The second-order valence-corrected chi connectivity index (χ2v) is 7.27. The molecule has 1 atom stereocenters. The molecule has 0 radical (unpaired) electrons. The number of nitrogens with two attached hydrogens (primary N) is 1. The Labute approximate surface area is 171 Å². The molecule has 1 fully saturated rings. The number of aromatic nitrogens is 3. The molecule has 142 valence electrons.